The van der Waals surface area contributed by atoms with Gasteiger partial charge >= 0.3 is 0 Å². The van der Waals surface area contributed by atoms with Crippen molar-refractivity contribution in [2.45, 2.75) is 26.4 Å². The average Bonchev–Trinajstić information content (AvgIpc) is 2.92. The smallest absolute Gasteiger partial charge is 0.188 e. The summed E-state index contributed by atoms with van der Waals surface area (Å²) in [4.78, 5) is 11.9. The zero-order valence-corrected chi connectivity index (χ0v) is 11.3. The molecule has 0 aliphatic rings. The SMILES string of the molecule is CC(C)c1ccc(C(=O)COCc2ccco2)cc1. The Hall–Kier alpha value is -1.87. The van der Waals surface area contributed by atoms with Gasteiger partial charge in [0.1, 0.15) is 19.0 Å². The minimum Gasteiger partial charge on any atom is -0.467 e. The molecule has 0 amide bonds. The standard InChI is InChI=1S/C16H18O3/c1-12(2)13-5-7-14(8-6-13)16(17)11-18-10-15-4-3-9-19-15/h3-9,12H,10-11H2,1-2H3. The van der Waals surface area contributed by atoms with Crippen LogP contribution in [0.25, 0.3) is 0 Å². The van der Waals surface area contributed by atoms with Gasteiger partial charge in [-0.1, -0.05) is 38.1 Å². The summed E-state index contributed by atoms with van der Waals surface area (Å²) in [5, 5.41) is 0. The highest BCUT2D eigenvalue weighted by molar-refractivity contribution is 5.97. The maximum absolute atomic E-state index is 11.9. The molecule has 2 rings (SSSR count). The lowest BCUT2D eigenvalue weighted by Gasteiger charge is -2.06. The van der Waals surface area contributed by atoms with Crippen molar-refractivity contribution in [2.75, 3.05) is 6.61 Å². The fourth-order valence-corrected chi connectivity index (χ4v) is 1.78. The number of hydrogen-bond acceptors (Lipinski definition) is 3. The minimum absolute atomic E-state index is 0.0122. The van der Waals surface area contributed by atoms with Gasteiger partial charge in [-0.05, 0) is 23.6 Å². The molecule has 0 aliphatic carbocycles. The van der Waals surface area contributed by atoms with Gasteiger partial charge in [0.25, 0.3) is 0 Å². The quantitative estimate of drug-likeness (QED) is 0.740. The molecule has 19 heavy (non-hydrogen) atoms. The van der Waals surface area contributed by atoms with Crippen molar-refractivity contribution in [3.8, 4) is 0 Å². The van der Waals surface area contributed by atoms with Gasteiger partial charge in [0.2, 0.25) is 0 Å². The van der Waals surface area contributed by atoms with Crippen LogP contribution in [0.1, 0.15) is 41.4 Å². The third-order valence-electron chi connectivity index (χ3n) is 2.96. The van der Waals surface area contributed by atoms with E-state index in [4.69, 9.17) is 9.15 Å². The maximum atomic E-state index is 11.9. The highest BCUT2D eigenvalue weighted by Gasteiger charge is 2.07. The summed E-state index contributed by atoms with van der Waals surface area (Å²) in [6.45, 7) is 4.65. The van der Waals surface area contributed by atoms with Crippen LogP contribution in [0.2, 0.25) is 0 Å². The first-order chi connectivity index (χ1) is 9.16. The monoisotopic (exact) mass is 258 g/mol. The van der Waals surface area contributed by atoms with Gasteiger partial charge in [-0.25, -0.2) is 0 Å². The summed E-state index contributed by atoms with van der Waals surface area (Å²) >= 11 is 0. The Morgan fingerprint density at radius 1 is 1.21 bits per heavy atom. The van der Waals surface area contributed by atoms with Crippen molar-refractivity contribution in [3.05, 3.63) is 59.5 Å². The number of Topliss-reactive ketones (excluding diaryl/α,β-unsaturated/α-hetero) is 1. The van der Waals surface area contributed by atoms with Crippen LogP contribution in [-0.4, -0.2) is 12.4 Å². The number of ketones is 1. The molecule has 2 aromatic rings. The van der Waals surface area contributed by atoms with Gasteiger partial charge in [-0.15, -0.1) is 0 Å². The summed E-state index contributed by atoms with van der Waals surface area (Å²) in [6, 6.07) is 11.3. The topological polar surface area (TPSA) is 39.4 Å². The van der Waals surface area contributed by atoms with Crippen molar-refractivity contribution in [1.82, 2.24) is 0 Å². The van der Waals surface area contributed by atoms with E-state index >= 15 is 0 Å². The van der Waals surface area contributed by atoms with Crippen molar-refractivity contribution in [3.63, 3.8) is 0 Å². The number of rotatable bonds is 6. The Balaban J connectivity index is 1.85. The Morgan fingerprint density at radius 2 is 1.95 bits per heavy atom. The predicted molar refractivity (Wildman–Crippen MR) is 73.2 cm³/mol. The second kappa shape index (κ2) is 6.34. The Kier molecular flexibility index (Phi) is 4.53. The maximum Gasteiger partial charge on any atom is 0.188 e. The molecule has 0 bridgehead atoms. The summed E-state index contributed by atoms with van der Waals surface area (Å²) in [6.07, 6.45) is 1.59. The van der Waals surface area contributed by atoms with Crippen molar-refractivity contribution >= 4 is 5.78 Å². The fraction of sp³-hybridized carbons (Fsp3) is 0.312. The normalized spacial score (nSPS) is 10.9. The van der Waals surface area contributed by atoms with Gasteiger partial charge in [-0.3, -0.25) is 4.79 Å². The average molecular weight is 258 g/mol. The van der Waals surface area contributed by atoms with Gasteiger partial charge in [-0.2, -0.15) is 0 Å². The second-order valence-electron chi connectivity index (χ2n) is 4.77. The van der Waals surface area contributed by atoms with E-state index in [-0.39, 0.29) is 12.4 Å². The molecular weight excluding hydrogens is 240 g/mol. The summed E-state index contributed by atoms with van der Waals surface area (Å²) in [5.74, 6) is 1.18. The van der Waals surface area contributed by atoms with Crippen LogP contribution >= 0.6 is 0 Å². The summed E-state index contributed by atoms with van der Waals surface area (Å²) < 4.78 is 10.5. The summed E-state index contributed by atoms with van der Waals surface area (Å²) in [5.41, 5.74) is 1.91. The molecule has 0 unspecified atom stereocenters. The molecule has 100 valence electrons. The van der Waals surface area contributed by atoms with E-state index in [1.54, 1.807) is 12.3 Å². The second-order valence-corrected chi connectivity index (χ2v) is 4.77. The molecule has 0 spiro atoms. The molecule has 1 aromatic heterocycles. The van der Waals surface area contributed by atoms with Crippen LogP contribution in [0, 0.1) is 0 Å². The number of carbonyl (C=O) groups excluding carboxylic acids is 1. The number of carbonyl (C=O) groups is 1. The van der Waals surface area contributed by atoms with Crippen LogP contribution in [0.3, 0.4) is 0 Å². The van der Waals surface area contributed by atoms with Gasteiger partial charge in [0.15, 0.2) is 5.78 Å². The Morgan fingerprint density at radius 3 is 2.53 bits per heavy atom. The first-order valence-electron chi connectivity index (χ1n) is 6.40. The Labute approximate surface area is 113 Å². The number of hydrogen-bond donors (Lipinski definition) is 0. The van der Waals surface area contributed by atoms with Gasteiger partial charge in [0, 0.05) is 5.56 Å². The van der Waals surface area contributed by atoms with Gasteiger partial charge < -0.3 is 9.15 Å². The zero-order valence-electron chi connectivity index (χ0n) is 11.3. The van der Waals surface area contributed by atoms with E-state index in [2.05, 4.69) is 13.8 Å². The summed E-state index contributed by atoms with van der Waals surface area (Å²) in [7, 11) is 0. The van der Waals surface area contributed by atoms with Gasteiger partial charge in [0.05, 0.1) is 6.26 Å². The predicted octanol–water partition coefficient (Wildman–Crippen LogP) is 3.80. The third kappa shape index (κ3) is 3.80. The molecule has 0 fully saturated rings. The molecule has 3 heteroatoms. The largest absolute Gasteiger partial charge is 0.467 e. The fourth-order valence-electron chi connectivity index (χ4n) is 1.78. The highest BCUT2D eigenvalue weighted by Crippen LogP contribution is 2.15. The van der Waals surface area contributed by atoms with Crippen LogP contribution in [0.15, 0.2) is 47.1 Å². The number of furan rings is 1. The molecule has 0 atom stereocenters. The van der Waals surface area contributed by atoms with Crippen LogP contribution < -0.4 is 0 Å². The molecule has 0 aliphatic heterocycles. The lowest BCUT2D eigenvalue weighted by molar-refractivity contribution is 0.0691. The molecule has 0 radical (unpaired) electrons. The van der Waals surface area contributed by atoms with Crippen molar-refractivity contribution in [1.29, 1.82) is 0 Å². The highest BCUT2D eigenvalue weighted by atomic mass is 16.5. The number of benzene rings is 1. The zero-order chi connectivity index (χ0) is 13.7. The van der Waals surface area contributed by atoms with Crippen LogP contribution in [-0.2, 0) is 11.3 Å². The molecule has 1 aromatic carbocycles. The third-order valence-corrected chi connectivity index (χ3v) is 2.96. The minimum atomic E-state index is -0.0122. The van der Waals surface area contributed by atoms with Crippen LogP contribution in [0.4, 0.5) is 0 Å². The van der Waals surface area contributed by atoms with E-state index in [9.17, 15) is 4.79 Å². The van der Waals surface area contributed by atoms with E-state index in [0.29, 0.717) is 18.1 Å². The van der Waals surface area contributed by atoms with E-state index in [0.717, 1.165) is 5.76 Å². The first-order valence-corrected chi connectivity index (χ1v) is 6.40. The van der Waals surface area contributed by atoms with E-state index in [1.165, 1.54) is 5.56 Å². The van der Waals surface area contributed by atoms with E-state index < -0.39 is 0 Å². The van der Waals surface area contributed by atoms with E-state index in [1.807, 2.05) is 30.3 Å². The molecule has 3 nitrogen and oxygen atoms in total. The molecular formula is C16H18O3. The lowest BCUT2D eigenvalue weighted by Crippen LogP contribution is -2.09. The Bertz CT molecular complexity index is 509. The molecule has 0 N–H and O–H groups in total. The van der Waals surface area contributed by atoms with Crippen molar-refractivity contribution in [2.24, 2.45) is 0 Å². The molecule has 1 heterocycles. The first kappa shape index (κ1) is 13.6. The van der Waals surface area contributed by atoms with Crippen LogP contribution in [0.5, 0.6) is 0 Å². The lowest BCUT2D eigenvalue weighted by atomic mass is 10.0. The molecule has 0 saturated carbocycles. The van der Waals surface area contributed by atoms with Crippen molar-refractivity contribution < 1.29 is 13.9 Å². The number of ether oxygens (including phenoxy) is 1. The molecule has 0 saturated heterocycles.